The average Bonchev–Trinajstić information content (AvgIpc) is 2.79. The molecule has 0 spiro atoms. The van der Waals surface area contributed by atoms with Gasteiger partial charge in [0.2, 0.25) is 10.0 Å². The molecule has 1 aliphatic heterocycles. The second kappa shape index (κ2) is 9.46. The lowest BCUT2D eigenvalue weighted by Crippen LogP contribution is -2.40. The summed E-state index contributed by atoms with van der Waals surface area (Å²) in [5.41, 5.74) is 1.21. The van der Waals surface area contributed by atoms with E-state index in [-0.39, 0.29) is 35.2 Å². The van der Waals surface area contributed by atoms with Crippen molar-refractivity contribution in [1.29, 1.82) is 0 Å². The summed E-state index contributed by atoms with van der Waals surface area (Å²) in [6, 6.07) is 11.9. The minimum atomic E-state index is -3.81. The molecule has 3 rings (SSSR count). The van der Waals surface area contributed by atoms with Gasteiger partial charge in [-0.15, -0.1) is 0 Å². The van der Waals surface area contributed by atoms with E-state index in [1.54, 1.807) is 20.2 Å². The van der Waals surface area contributed by atoms with E-state index in [0.29, 0.717) is 19.8 Å². The maximum absolute atomic E-state index is 13.1. The smallest absolute Gasteiger partial charge is 0.253 e. The number of amides is 1. The van der Waals surface area contributed by atoms with Gasteiger partial charge in [0.05, 0.1) is 27.4 Å². The maximum atomic E-state index is 13.1. The Morgan fingerprint density at radius 3 is 2.33 bits per heavy atom. The number of morpholine rings is 1. The Morgan fingerprint density at radius 1 is 1.07 bits per heavy atom. The van der Waals surface area contributed by atoms with Gasteiger partial charge in [-0.2, -0.15) is 4.31 Å². The molecular weight excluding hydrogens is 408 g/mol. The first-order valence-electron chi connectivity index (χ1n) is 9.51. The highest BCUT2D eigenvalue weighted by Gasteiger charge is 2.30. The van der Waals surface area contributed by atoms with E-state index >= 15 is 0 Å². The van der Waals surface area contributed by atoms with Gasteiger partial charge < -0.3 is 19.1 Å². The quantitative estimate of drug-likeness (QED) is 0.663. The fraction of sp³-hybridized carbons (Fsp3) is 0.381. The molecule has 0 aromatic heterocycles. The third kappa shape index (κ3) is 4.75. The Morgan fingerprint density at radius 2 is 1.73 bits per heavy atom. The summed E-state index contributed by atoms with van der Waals surface area (Å²) in [5.74, 6) is 0.656. The summed E-state index contributed by atoms with van der Waals surface area (Å²) in [6.07, 6.45) is 0. The van der Waals surface area contributed by atoms with Crippen LogP contribution in [0.1, 0.15) is 15.9 Å². The van der Waals surface area contributed by atoms with Crippen molar-refractivity contribution in [2.45, 2.75) is 11.4 Å². The molecule has 0 atom stereocenters. The molecule has 8 nitrogen and oxygen atoms in total. The summed E-state index contributed by atoms with van der Waals surface area (Å²) in [4.78, 5) is 14.5. The van der Waals surface area contributed by atoms with Crippen LogP contribution >= 0.6 is 0 Å². The van der Waals surface area contributed by atoms with Gasteiger partial charge in [0.15, 0.2) is 0 Å². The standard InChI is InChI=1S/C21H26N2O6S/c1-22(15-16-4-7-18(27-2)8-5-16)21(24)17-6-9-19(28-3)20(14-17)30(25,26)23-10-12-29-13-11-23/h4-9,14H,10-13,15H2,1-3H3. The molecule has 1 heterocycles. The number of carbonyl (C=O) groups is 1. The van der Waals surface area contributed by atoms with Crippen LogP contribution in [-0.2, 0) is 21.3 Å². The molecule has 9 heteroatoms. The van der Waals surface area contributed by atoms with Crippen molar-refractivity contribution >= 4 is 15.9 Å². The number of hydrogen-bond donors (Lipinski definition) is 0. The molecule has 2 aromatic carbocycles. The van der Waals surface area contributed by atoms with Crippen molar-refractivity contribution in [2.24, 2.45) is 0 Å². The van der Waals surface area contributed by atoms with Gasteiger partial charge in [0, 0.05) is 32.2 Å². The zero-order valence-electron chi connectivity index (χ0n) is 17.3. The van der Waals surface area contributed by atoms with E-state index in [4.69, 9.17) is 14.2 Å². The number of benzene rings is 2. The molecule has 1 saturated heterocycles. The van der Waals surface area contributed by atoms with Gasteiger partial charge in [-0.3, -0.25) is 4.79 Å². The van der Waals surface area contributed by atoms with E-state index in [9.17, 15) is 13.2 Å². The lowest BCUT2D eigenvalue weighted by atomic mass is 10.1. The molecule has 0 bridgehead atoms. The second-order valence-corrected chi connectivity index (χ2v) is 8.80. The fourth-order valence-corrected chi connectivity index (χ4v) is 4.82. The monoisotopic (exact) mass is 434 g/mol. The zero-order chi connectivity index (χ0) is 21.7. The number of carbonyl (C=O) groups excluding carboxylic acids is 1. The van der Waals surface area contributed by atoms with Gasteiger partial charge in [0.1, 0.15) is 16.4 Å². The van der Waals surface area contributed by atoms with Crippen molar-refractivity contribution in [3.05, 3.63) is 53.6 Å². The van der Waals surface area contributed by atoms with Crippen LogP contribution in [0.2, 0.25) is 0 Å². The van der Waals surface area contributed by atoms with Crippen LogP contribution < -0.4 is 9.47 Å². The van der Waals surface area contributed by atoms with Crippen LogP contribution in [0.5, 0.6) is 11.5 Å². The first kappa shape index (κ1) is 22.1. The van der Waals surface area contributed by atoms with E-state index in [1.807, 2.05) is 24.3 Å². The Balaban J connectivity index is 1.84. The average molecular weight is 435 g/mol. The molecule has 30 heavy (non-hydrogen) atoms. The van der Waals surface area contributed by atoms with Gasteiger partial charge in [-0.25, -0.2) is 8.42 Å². The SMILES string of the molecule is COc1ccc(CN(C)C(=O)c2ccc(OC)c(S(=O)(=O)N3CCOCC3)c2)cc1. The van der Waals surface area contributed by atoms with Crippen LogP contribution in [-0.4, -0.2) is 71.1 Å². The normalized spacial score (nSPS) is 14.9. The van der Waals surface area contributed by atoms with Crippen molar-refractivity contribution in [2.75, 3.05) is 47.6 Å². The van der Waals surface area contributed by atoms with Gasteiger partial charge >= 0.3 is 0 Å². The number of methoxy groups -OCH3 is 2. The Kier molecular flexibility index (Phi) is 6.96. The molecule has 0 unspecified atom stereocenters. The number of ether oxygens (including phenoxy) is 3. The van der Waals surface area contributed by atoms with Crippen molar-refractivity contribution < 1.29 is 27.4 Å². The maximum Gasteiger partial charge on any atom is 0.253 e. The predicted molar refractivity (Wildman–Crippen MR) is 111 cm³/mol. The predicted octanol–water partition coefficient (Wildman–Crippen LogP) is 2.00. The zero-order valence-corrected chi connectivity index (χ0v) is 18.1. The highest BCUT2D eigenvalue weighted by Crippen LogP contribution is 2.29. The highest BCUT2D eigenvalue weighted by atomic mass is 32.2. The van der Waals surface area contributed by atoms with Gasteiger partial charge in [0.25, 0.3) is 5.91 Å². The molecule has 0 radical (unpaired) electrons. The molecule has 0 N–H and O–H groups in total. The first-order chi connectivity index (χ1) is 14.4. The van der Waals surface area contributed by atoms with Gasteiger partial charge in [-0.1, -0.05) is 12.1 Å². The first-order valence-corrected chi connectivity index (χ1v) is 10.9. The number of nitrogens with zero attached hydrogens (tertiary/aromatic N) is 2. The van der Waals surface area contributed by atoms with Crippen LogP contribution in [0.15, 0.2) is 47.4 Å². The van der Waals surface area contributed by atoms with Crippen LogP contribution in [0.4, 0.5) is 0 Å². The highest BCUT2D eigenvalue weighted by molar-refractivity contribution is 7.89. The molecule has 1 amide bonds. The number of rotatable bonds is 7. The third-order valence-electron chi connectivity index (χ3n) is 4.92. The Bertz CT molecular complexity index is 985. The Labute approximate surface area is 177 Å². The van der Waals surface area contributed by atoms with Crippen molar-refractivity contribution in [1.82, 2.24) is 9.21 Å². The molecular formula is C21H26N2O6S. The molecule has 162 valence electrons. The summed E-state index contributed by atoms with van der Waals surface area (Å²) >= 11 is 0. The minimum Gasteiger partial charge on any atom is -0.497 e. The molecule has 1 fully saturated rings. The molecule has 1 aliphatic rings. The molecule has 0 saturated carbocycles. The third-order valence-corrected chi connectivity index (χ3v) is 6.84. The number of sulfonamides is 1. The topological polar surface area (TPSA) is 85.4 Å². The lowest BCUT2D eigenvalue weighted by molar-refractivity contribution is 0.0729. The summed E-state index contributed by atoms with van der Waals surface area (Å²) in [6.45, 7) is 1.58. The van der Waals surface area contributed by atoms with Gasteiger partial charge in [-0.05, 0) is 35.9 Å². The van der Waals surface area contributed by atoms with E-state index < -0.39 is 10.0 Å². The minimum absolute atomic E-state index is 0.0180. The fourth-order valence-electron chi connectivity index (χ4n) is 3.23. The second-order valence-electron chi connectivity index (χ2n) is 6.89. The van der Waals surface area contributed by atoms with E-state index in [2.05, 4.69) is 0 Å². The summed E-state index contributed by atoms with van der Waals surface area (Å²) < 4.78 is 43.2. The Hall–Kier alpha value is -2.62. The molecule has 2 aromatic rings. The van der Waals surface area contributed by atoms with Crippen LogP contribution in [0.3, 0.4) is 0 Å². The van der Waals surface area contributed by atoms with Crippen molar-refractivity contribution in [3.63, 3.8) is 0 Å². The lowest BCUT2D eigenvalue weighted by Gasteiger charge is -2.27. The van der Waals surface area contributed by atoms with Crippen molar-refractivity contribution in [3.8, 4) is 11.5 Å². The number of hydrogen-bond acceptors (Lipinski definition) is 6. The van der Waals surface area contributed by atoms with Crippen LogP contribution in [0.25, 0.3) is 0 Å². The molecule has 0 aliphatic carbocycles. The van der Waals surface area contributed by atoms with Crippen LogP contribution in [0, 0.1) is 0 Å². The van der Waals surface area contributed by atoms with E-state index in [0.717, 1.165) is 11.3 Å². The largest absolute Gasteiger partial charge is 0.497 e. The summed E-state index contributed by atoms with van der Waals surface area (Å²) in [5, 5.41) is 0. The summed E-state index contributed by atoms with van der Waals surface area (Å²) in [7, 11) is 0.866. The van der Waals surface area contributed by atoms with E-state index in [1.165, 1.54) is 28.4 Å².